The van der Waals surface area contributed by atoms with Gasteiger partial charge in [0.2, 0.25) is 0 Å². The van der Waals surface area contributed by atoms with E-state index in [4.69, 9.17) is 15.1 Å². The molecule has 0 saturated carbocycles. The second-order valence-electron chi connectivity index (χ2n) is 11.3. The zero-order valence-electron chi connectivity index (χ0n) is 23.8. The molecule has 4 aromatic rings. The highest BCUT2D eigenvalue weighted by molar-refractivity contribution is 7.22. The number of halogens is 1. The van der Waals surface area contributed by atoms with Crippen LogP contribution in [-0.2, 0) is 24.1 Å². The molecule has 1 N–H and O–H groups in total. The van der Waals surface area contributed by atoms with Crippen LogP contribution in [0.25, 0.3) is 22.3 Å². The van der Waals surface area contributed by atoms with E-state index in [1.807, 2.05) is 47.4 Å². The summed E-state index contributed by atoms with van der Waals surface area (Å²) in [7, 11) is 2.81. The zero-order chi connectivity index (χ0) is 29.9. The van der Waals surface area contributed by atoms with E-state index in [0.29, 0.717) is 47.7 Å². The topological polar surface area (TPSA) is 83.4 Å². The van der Waals surface area contributed by atoms with Gasteiger partial charge < -0.3 is 10.0 Å². The molecule has 6 nitrogen and oxygen atoms in total. The highest BCUT2D eigenvalue weighted by Gasteiger charge is 2.33. The highest BCUT2D eigenvalue weighted by Crippen LogP contribution is 2.33. The lowest BCUT2D eigenvalue weighted by Crippen LogP contribution is -2.50. The van der Waals surface area contributed by atoms with Crippen LogP contribution in [0.3, 0.4) is 0 Å². The number of carbonyl (C=O) groups is 2. The first-order valence-electron chi connectivity index (χ1n) is 14.6. The summed E-state index contributed by atoms with van der Waals surface area (Å²) in [5.74, 6) is -0.791. The van der Waals surface area contributed by atoms with Crippen LogP contribution in [-0.4, -0.2) is 44.9 Å². The molecule has 6 rings (SSSR count). The number of fused-ring (bicyclic) bond motifs is 1. The van der Waals surface area contributed by atoms with Crippen molar-refractivity contribution in [1.29, 1.82) is 0 Å². The molecule has 0 bridgehead atoms. The van der Waals surface area contributed by atoms with Crippen LogP contribution < -0.4 is 0 Å². The maximum Gasteiger partial charge on any atom is 0.307 e. The van der Waals surface area contributed by atoms with Gasteiger partial charge in [-0.05, 0) is 91.3 Å². The molecule has 1 aliphatic heterocycles. The number of hydrogen-bond donors (Lipinski definition) is 1. The second-order valence-corrected chi connectivity index (χ2v) is 12.1. The Morgan fingerprint density at radius 1 is 0.953 bits per heavy atom. The van der Waals surface area contributed by atoms with Crippen LogP contribution in [0.4, 0.5) is 4.39 Å². The smallest absolute Gasteiger partial charge is 0.307 e. The molecule has 43 heavy (non-hydrogen) atoms. The molecule has 0 spiro atoms. The molecule has 3 aromatic carbocycles. The summed E-state index contributed by atoms with van der Waals surface area (Å²) < 4.78 is 13.7. The Balaban J connectivity index is 1.22. The Labute approximate surface area is 252 Å². The number of hydrogen-bond acceptors (Lipinski definition) is 4. The number of aromatic nitrogens is 2. The van der Waals surface area contributed by atoms with Gasteiger partial charge in [-0.15, -0.1) is 9.24 Å². The van der Waals surface area contributed by atoms with Crippen molar-refractivity contribution < 1.29 is 19.1 Å². The summed E-state index contributed by atoms with van der Waals surface area (Å²) in [6.45, 7) is 1.43. The van der Waals surface area contributed by atoms with Gasteiger partial charge in [-0.3, -0.25) is 9.59 Å². The Bertz CT molecular complexity index is 1760. The number of aryl methyl sites for hydroxylation is 2. The quantitative estimate of drug-likeness (QED) is 0.216. The van der Waals surface area contributed by atoms with Crippen molar-refractivity contribution in [2.24, 2.45) is 5.92 Å². The number of carboxylic acids is 1. The standard InChI is InChI=1S/C35H33FN3O3P/c36-28-13-10-24(11-14-28)34-31(9-2-5-22-4-1-6-23(16-22)17-33(40)41)37-32-19-26(12-15-30(32)38-34)35(42)39-20-27(21-39)25-7-3-8-29(43)18-25/h1,4,6-7,10-16,18-19,27H,2-3,5,8-9,17,20-21,43H2,(H,40,41). The van der Waals surface area contributed by atoms with Crippen molar-refractivity contribution in [2.75, 3.05) is 13.1 Å². The average Bonchev–Trinajstić information content (AvgIpc) is 2.96. The van der Waals surface area contributed by atoms with Crippen LogP contribution in [0.15, 0.2) is 89.8 Å². The zero-order valence-corrected chi connectivity index (χ0v) is 25.0. The fourth-order valence-corrected chi connectivity index (χ4v) is 6.20. The Kier molecular flexibility index (Phi) is 8.44. The normalized spacial score (nSPS) is 15.2. The molecule has 0 radical (unpaired) electrons. The minimum absolute atomic E-state index is 0.00293. The first kappa shape index (κ1) is 28.9. The number of benzene rings is 3. The van der Waals surface area contributed by atoms with Crippen molar-refractivity contribution in [3.8, 4) is 11.3 Å². The predicted molar refractivity (Wildman–Crippen MR) is 169 cm³/mol. The number of nitrogens with zero attached hydrogens (tertiary/aromatic N) is 3. The lowest BCUT2D eigenvalue weighted by molar-refractivity contribution is -0.136. The van der Waals surface area contributed by atoms with Crippen molar-refractivity contribution in [3.63, 3.8) is 0 Å². The maximum absolute atomic E-state index is 13.7. The predicted octanol–water partition coefficient (Wildman–Crippen LogP) is 6.79. The lowest BCUT2D eigenvalue weighted by atomic mass is 9.87. The fraction of sp³-hybridized carbons (Fsp3) is 0.257. The molecule has 1 atom stereocenters. The minimum Gasteiger partial charge on any atom is -0.481 e. The van der Waals surface area contributed by atoms with E-state index in [2.05, 4.69) is 21.4 Å². The number of aliphatic carboxylic acids is 1. The highest BCUT2D eigenvalue weighted by atomic mass is 31.0. The van der Waals surface area contributed by atoms with Crippen LogP contribution in [0, 0.1) is 11.7 Å². The second kappa shape index (κ2) is 12.6. The van der Waals surface area contributed by atoms with Gasteiger partial charge in [0.1, 0.15) is 5.82 Å². The van der Waals surface area contributed by atoms with Gasteiger partial charge in [-0.2, -0.15) is 0 Å². The van der Waals surface area contributed by atoms with Gasteiger partial charge in [0, 0.05) is 30.1 Å². The Morgan fingerprint density at radius 2 is 1.74 bits per heavy atom. The molecule has 1 saturated heterocycles. The van der Waals surface area contributed by atoms with E-state index in [0.717, 1.165) is 48.1 Å². The minimum atomic E-state index is -0.854. The SMILES string of the molecule is O=C(O)Cc1cccc(CCCc2nc3cc(C(=O)N4CC(C5=CCCC(P)=C5)C4)ccc3nc2-c2ccc(F)cc2)c1. The molecule has 1 fully saturated rings. The average molecular weight is 594 g/mol. The molecule has 1 unspecified atom stereocenters. The largest absolute Gasteiger partial charge is 0.481 e. The molecular formula is C35H33FN3O3P. The summed E-state index contributed by atoms with van der Waals surface area (Å²) in [6, 6.07) is 19.4. The van der Waals surface area contributed by atoms with Crippen LogP contribution >= 0.6 is 9.24 Å². The van der Waals surface area contributed by atoms with E-state index >= 15 is 0 Å². The molecule has 1 aromatic heterocycles. The van der Waals surface area contributed by atoms with E-state index < -0.39 is 5.97 Å². The van der Waals surface area contributed by atoms with E-state index in [1.54, 1.807) is 12.1 Å². The monoisotopic (exact) mass is 593 g/mol. The molecule has 1 amide bonds. The Morgan fingerprint density at radius 3 is 2.51 bits per heavy atom. The summed E-state index contributed by atoms with van der Waals surface area (Å²) in [4.78, 5) is 36.3. The van der Waals surface area contributed by atoms with Crippen LogP contribution in [0.2, 0.25) is 0 Å². The van der Waals surface area contributed by atoms with Crippen LogP contribution in [0.5, 0.6) is 0 Å². The number of carbonyl (C=O) groups excluding carboxylic acids is 1. The van der Waals surface area contributed by atoms with Crippen molar-refractivity contribution in [1.82, 2.24) is 14.9 Å². The third-order valence-corrected chi connectivity index (χ3v) is 8.59. The third kappa shape index (κ3) is 6.73. The number of amides is 1. The van der Waals surface area contributed by atoms with Crippen molar-refractivity contribution in [2.45, 2.75) is 38.5 Å². The Hall–Kier alpha value is -4.22. The van der Waals surface area contributed by atoms with Crippen molar-refractivity contribution in [3.05, 3.63) is 118 Å². The molecule has 1 aliphatic carbocycles. The summed E-state index contributed by atoms with van der Waals surface area (Å²) in [5.41, 5.74) is 7.33. The molecule has 2 aliphatic rings. The number of allylic oxidation sites excluding steroid dienone is 3. The first-order valence-corrected chi connectivity index (χ1v) is 15.2. The number of rotatable bonds is 9. The summed E-state index contributed by atoms with van der Waals surface area (Å²) in [5, 5.41) is 10.5. The van der Waals surface area contributed by atoms with Gasteiger partial charge in [-0.25, -0.2) is 14.4 Å². The van der Waals surface area contributed by atoms with Crippen molar-refractivity contribution >= 4 is 32.1 Å². The van der Waals surface area contributed by atoms with Gasteiger partial charge in [0.05, 0.1) is 28.8 Å². The lowest BCUT2D eigenvalue weighted by Gasteiger charge is -2.40. The van der Waals surface area contributed by atoms with E-state index in [-0.39, 0.29) is 18.1 Å². The fourth-order valence-electron chi connectivity index (χ4n) is 5.84. The van der Waals surface area contributed by atoms with Gasteiger partial charge in [0.25, 0.3) is 5.91 Å². The number of likely N-dealkylation sites (tertiary alicyclic amines) is 1. The summed E-state index contributed by atoms with van der Waals surface area (Å²) >= 11 is 0. The molecule has 218 valence electrons. The summed E-state index contributed by atoms with van der Waals surface area (Å²) in [6.07, 6.45) is 8.77. The van der Waals surface area contributed by atoms with E-state index in [1.165, 1.54) is 23.0 Å². The maximum atomic E-state index is 13.7. The van der Waals surface area contributed by atoms with Gasteiger partial charge in [0.15, 0.2) is 0 Å². The van der Waals surface area contributed by atoms with E-state index in [9.17, 15) is 14.0 Å². The first-order chi connectivity index (χ1) is 20.8. The molecule has 2 heterocycles. The third-order valence-electron chi connectivity index (χ3n) is 8.13. The van der Waals surface area contributed by atoms with Gasteiger partial charge in [-0.1, -0.05) is 41.7 Å². The van der Waals surface area contributed by atoms with Gasteiger partial charge >= 0.3 is 5.97 Å². The number of carboxylic acid groups (broad SMARTS) is 1. The molecule has 8 heteroatoms. The van der Waals surface area contributed by atoms with Crippen LogP contribution in [0.1, 0.15) is 46.4 Å². The molecular weight excluding hydrogens is 560 g/mol.